The summed E-state index contributed by atoms with van der Waals surface area (Å²) in [4.78, 5) is 22.9. The Kier molecular flexibility index (Phi) is 5.48. The van der Waals surface area contributed by atoms with Crippen molar-refractivity contribution in [1.82, 2.24) is 0 Å². The largest absolute Gasteiger partial charge is 0.423 e. The molecule has 0 saturated heterocycles. The summed E-state index contributed by atoms with van der Waals surface area (Å²) in [5, 5.41) is 2.44. The summed E-state index contributed by atoms with van der Waals surface area (Å²) in [5.41, 5.74) is -3.78. The number of carbonyl (C=O) groups is 2. The highest BCUT2D eigenvalue weighted by Crippen LogP contribution is 2.36. The molecule has 0 heterocycles. The predicted octanol–water partition coefficient (Wildman–Crippen LogP) is 4.90. The number of nitrogens with one attached hydrogen (secondary N) is 1. The van der Waals surface area contributed by atoms with Crippen LogP contribution in [0.2, 0.25) is 0 Å². The molecule has 0 atom stereocenters. The van der Waals surface area contributed by atoms with Crippen molar-refractivity contribution < 1.29 is 40.7 Å². The van der Waals surface area contributed by atoms with Gasteiger partial charge in [-0.3, -0.25) is 4.79 Å². The van der Waals surface area contributed by atoms with E-state index in [2.05, 4.69) is 5.32 Å². The van der Waals surface area contributed by atoms with Gasteiger partial charge in [0.05, 0.1) is 16.7 Å². The van der Waals surface area contributed by atoms with Crippen molar-refractivity contribution in [3.8, 4) is 5.75 Å². The zero-order valence-electron chi connectivity index (χ0n) is 13.5. The molecule has 1 N–H and O–H groups in total. The van der Waals surface area contributed by atoms with Gasteiger partial charge in [0, 0.05) is 12.6 Å². The Balaban J connectivity index is 2.31. The van der Waals surface area contributed by atoms with Crippen LogP contribution >= 0.6 is 0 Å². The van der Waals surface area contributed by atoms with E-state index in [1.807, 2.05) is 0 Å². The summed E-state index contributed by atoms with van der Waals surface area (Å²) >= 11 is 0. The molecular formula is C17H11F6NO3. The Hall–Kier alpha value is -3.04. The SMILES string of the molecule is CC(=O)Nc1ccc(OC(=O)c2cc(C(F)(F)F)cc(C(F)(F)F)c2)cc1. The van der Waals surface area contributed by atoms with Crippen LogP contribution in [0.15, 0.2) is 42.5 Å². The van der Waals surface area contributed by atoms with Gasteiger partial charge in [-0.15, -0.1) is 0 Å². The highest BCUT2D eigenvalue weighted by Gasteiger charge is 2.37. The Morgan fingerprint density at radius 3 is 1.74 bits per heavy atom. The van der Waals surface area contributed by atoms with E-state index in [0.717, 1.165) is 0 Å². The van der Waals surface area contributed by atoms with Crippen LogP contribution in [0.25, 0.3) is 0 Å². The lowest BCUT2D eigenvalue weighted by Crippen LogP contribution is -2.16. The van der Waals surface area contributed by atoms with Crippen molar-refractivity contribution in [3.63, 3.8) is 0 Å². The van der Waals surface area contributed by atoms with E-state index in [9.17, 15) is 35.9 Å². The Bertz CT molecular complexity index is 824. The summed E-state index contributed by atoms with van der Waals surface area (Å²) in [6, 6.07) is 5.61. The lowest BCUT2D eigenvalue weighted by atomic mass is 10.0. The second-order valence-corrected chi connectivity index (χ2v) is 5.39. The van der Waals surface area contributed by atoms with Gasteiger partial charge in [-0.1, -0.05) is 0 Å². The van der Waals surface area contributed by atoms with Crippen LogP contribution in [0, 0.1) is 0 Å². The average Bonchev–Trinajstić information content (AvgIpc) is 2.54. The van der Waals surface area contributed by atoms with Gasteiger partial charge in [0.25, 0.3) is 0 Å². The molecule has 0 unspecified atom stereocenters. The van der Waals surface area contributed by atoms with Crippen molar-refractivity contribution in [2.45, 2.75) is 19.3 Å². The molecule has 0 bridgehead atoms. The molecule has 144 valence electrons. The summed E-state index contributed by atoms with van der Waals surface area (Å²) in [7, 11) is 0. The number of anilines is 1. The van der Waals surface area contributed by atoms with Crippen LogP contribution in [-0.4, -0.2) is 11.9 Å². The average molecular weight is 391 g/mol. The number of carbonyl (C=O) groups excluding carboxylic acids is 2. The number of rotatable bonds is 3. The van der Waals surface area contributed by atoms with E-state index in [0.29, 0.717) is 5.69 Å². The second-order valence-electron chi connectivity index (χ2n) is 5.39. The third-order valence-corrected chi connectivity index (χ3v) is 3.21. The predicted molar refractivity (Wildman–Crippen MR) is 82.2 cm³/mol. The molecule has 2 aromatic carbocycles. The molecule has 4 nitrogen and oxygen atoms in total. The molecule has 0 aliphatic carbocycles. The minimum Gasteiger partial charge on any atom is -0.423 e. The number of amides is 1. The zero-order chi connectivity index (χ0) is 20.4. The van der Waals surface area contributed by atoms with Crippen molar-refractivity contribution in [2.24, 2.45) is 0 Å². The summed E-state index contributed by atoms with van der Waals surface area (Å²) < 4.78 is 81.7. The van der Waals surface area contributed by atoms with Gasteiger partial charge in [-0.2, -0.15) is 26.3 Å². The molecule has 27 heavy (non-hydrogen) atoms. The molecule has 0 spiro atoms. The van der Waals surface area contributed by atoms with Crippen LogP contribution < -0.4 is 10.1 Å². The first kappa shape index (κ1) is 20.3. The molecule has 0 saturated carbocycles. The number of benzene rings is 2. The van der Waals surface area contributed by atoms with E-state index in [4.69, 9.17) is 4.74 Å². The Morgan fingerprint density at radius 2 is 1.33 bits per heavy atom. The Morgan fingerprint density at radius 1 is 0.852 bits per heavy atom. The molecule has 0 aliphatic rings. The first-order valence-electron chi connectivity index (χ1n) is 7.25. The number of halogens is 6. The Labute approximate surface area is 148 Å². The number of hydrogen-bond acceptors (Lipinski definition) is 3. The molecular weight excluding hydrogens is 380 g/mol. The zero-order valence-corrected chi connectivity index (χ0v) is 13.5. The molecule has 0 fully saturated rings. The van der Waals surface area contributed by atoms with E-state index in [1.165, 1.54) is 31.2 Å². The monoisotopic (exact) mass is 391 g/mol. The number of hydrogen-bond donors (Lipinski definition) is 1. The van der Waals surface area contributed by atoms with Gasteiger partial charge in [0.1, 0.15) is 5.75 Å². The fourth-order valence-corrected chi connectivity index (χ4v) is 2.05. The van der Waals surface area contributed by atoms with E-state index >= 15 is 0 Å². The maximum atomic E-state index is 12.8. The topological polar surface area (TPSA) is 55.4 Å². The van der Waals surface area contributed by atoms with E-state index in [1.54, 1.807) is 0 Å². The van der Waals surface area contributed by atoms with Gasteiger partial charge in [0.2, 0.25) is 5.91 Å². The van der Waals surface area contributed by atoms with E-state index < -0.39 is 35.0 Å². The second kappa shape index (κ2) is 7.29. The molecule has 0 aromatic heterocycles. The third-order valence-electron chi connectivity index (χ3n) is 3.21. The standard InChI is InChI=1S/C17H11F6NO3/c1-9(25)24-13-2-4-14(5-3-13)27-15(26)10-6-11(16(18,19)20)8-12(7-10)17(21,22)23/h2-8H,1H3,(H,24,25). The highest BCUT2D eigenvalue weighted by molar-refractivity contribution is 5.92. The lowest BCUT2D eigenvalue weighted by molar-refractivity contribution is -0.143. The molecule has 0 radical (unpaired) electrons. The quantitative estimate of drug-likeness (QED) is 0.460. The molecule has 1 amide bonds. The van der Waals surface area contributed by atoms with Crippen LogP contribution in [0.5, 0.6) is 5.75 Å². The molecule has 2 rings (SSSR count). The minimum atomic E-state index is -5.07. The van der Waals surface area contributed by atoms with E-state index in [-0.39, 0.29) is 29.9 Å². The van der Waals surface area contributed by atoms with Gasteiger partial charge >= 0.3 is 18.3 Å². The van der Waals surface area contributed by atoms with Crippen molar-refractivity contribution in [2.75, 3.05) is 5.32 Å². The summed E-state index contributed by atoms with van der Waals surface area (Å²) in [5.74, 6) is -1.87. The first-order valence-corrected chi connectivity index (χ1v) is 7.25. The molecule has 10 heteroatoms. The van der Waals surface area contributed by atoms with Crippen LogP contribution in [0.3, 0.4) is 0 Å². The van der Waals surface area contributed by atoms with Crippen LogP contribution in [0.1, 0.15) is 28.4 Å². The van der Waals surface area contributed by atoms with Crippen LogP contribution in [-0.2, 0) is 17.1 Å². The summed E-state index contributed by atoms with van der Waals surface area (Å²) in [6.07, 6.45) is -10.1. The van der Waals surface area contributed by atoms with Crippen molar-refractivity contribution in [3.05, 3.63) is 59.2 Å². The number of ether oxygens (including phenoxy) is 1. The first-order chi connectivity index (χ1) is 12.4. The van der Waals surface area contributed by atoms with Gasteiger partial charge in [-0.25, -0.2) is 4.79 Å². The lowest BCUT2D eigenvalue weighted by Gasteiger charge is -2.14. The van der Waals surface area contributed by atoms with Gasteiger partial charge in [-0.05, 0) is 42.5 Å². The fourth-order valence-electron chi connectivity index (χ4n) is 2.05. The van der Waals surface area contributed by atoms with Crippen molar-refractivity contribution >= 4 is 17.6 Å². The van der Waals surface area contributed by atoms with Gasteiger partial charge in [0.15, 0.2) is 0 Å². The molecule has 0 aliphatic heterocycles. The fraction of sp³-hybridized carbons (Fsp3) is 0.176. The maximum Gasteiger partial charge on any atom is 0.416 e. The van der Waals surface area contributed by atoms with Crippen LogP contribution in [0.4, 0.5) is 32.0 Å². The summed E-state index contributed by atoms with van der Waals surface area (Å²) in [6.45, 7) is 1.26. The maximum absolute atomic E-state index is 12.8. The van der Waals surface area contributed by atoms with Gasteiger partial charge < -0.3 is 10.1 Å². The normalized spacial score (nSPS) is 11.8. The van der Waals surface area contributed by atoms with Crippen molar-refractivity contribution in [1.29, 1.82) is 0 Å². The number of esters is 1. The number of alkyl halides is 6. The smallest absolute Gasteiger partial charge is 0.416 e. The third kappa shape index (κ3) is 5.47. The minimum absolute atomic E-state index is 0.0843. The molecule has 2 aromatic rings. The highest BCUT2D eigenvalue weighted by atomic mass is 19.4.